The number of allylic oxidation sites excluding steroid dienone is 6. The summed E-state index contributed by atoms with van der Waals surface area (Å²) < 4.78 is 39.1. The van der Waals surface area contributed by atoms with Crippen molar-refractivity contribution in [2.45, 2.75) is 41.5 Å². The van der Waals surface area contributed by atoms with Crippen LogP contribution in [-0.2, 0) is 18.1 Å². The van der Waals surface area contributed by atoms with Gasteiger partial charge in [0.1, 0.15) is 0 Å². The Bertz CT molecular complexity index is 761. The third-order valence-corrected chi connectivity index (χ3v) is 17.0. The normalized spacial score (nSPS) is 10.5. The van der Waals surface area contributed by atoms with Crippen molar-refractivity contribution in [1.29, 1.82) is 0 Å². The van der Waals surface area contributed by atoms with Crippen LogP contribution in [0.15, 0.2) is 92.2 Å². The van der Waals surface area contributed by atoms with E-state index in [1.165, 1.54) is 0 Å². The molecule has 0 spiro atoms. The molecule has 0 bridgehead atoms. The number of hydrogen-bond donors (Lipinski definition) is 0. The molecule has 0 aliphatic rings. The topological polar surface area (TPSA) is 55.4 Å². The fourth-order valence-electron chi connectivity index (χ4n) is 2.12. The van der Waals surface area contributed by atoms with E-state index in [9.17, 15) is 0 Å². The quantitative estimate of drug-likeness (QED) is 0.198. The molecule has 0 aliphatic heterocycles. The summed E-state index contributed by atoms with van der Waals surface area (Å²) in [5.74, 6) is 3.47. The van der Waals surface area contributed by atoms with Crippen LogP contribution in [0.4, 0.5) is 0 Å². The molecule has 0 saturated heterocycles. The fourth-order valence-corrected chi connectivity index (χ4v) is 16.0. The zero-order valence-electron chi connectivity index (χ0n) is 20.3. The average Bonchev–Trinajstić information content (AvgIpc) is 2.64. The Balaban J connectivity index is 3.73. The molecule has 0 unspecified atom stereocenters. The van der Waals surface area contributed by atoms with E-state index in [4.69, 9.17) is 18.1 Å². The first-order chi connectivity index (χ1) is 15.3. The van der Waals surface area contributed by atoms with E-state index >= 15 is 0 Å². The Morgan fingerprint density at radius 3 is 0.697 bits per heavy atom. The van der Waals surface area contributed by atoms with Crippen LogP contribution in [0.2, 0.25) is 0 Å². The van der Waals surface area contributed by atoms with Crippen LogP contribution in [-0.4, -0.2) is 63.2 Å². The van der Waals surface area contributed by atoms with Gasteiger partial charge in [0.25, 0.3) is 0 Å². The monoisotopic (exact) mass is 780 g/mol. The molecule has 0 aromatic heterocycles. The molecular weight excluding hydrogens is 750 g/mol. The molecule has 0 radical (unpaired) electrons. The van der Waals surface area contributed by atoms with Crippen LogP contribution < -0.4 is 10.5 Å². The maximum absolute atomic E-state index is 6.05. The van der Waals surface area contributed by atoms with E-state index in [0.717, 1.165) is 10.5 Å². The third kappa shape index (κ3) is 11.7. The van der Waals surface area contributed by atoms with Gasteiger partial charge in [-0.25, -0.2) is 0 Å². The molecule has 33 heavy (non-hydrogen) atoms. The summed E-state index contributed by atoms with van der Waals surface area (Å²) in [7, 11) is 0. The molecule has 0 atom stereocenters. The molecule has 1 aromatic carbocycles. The molecule has 0 N–H and O–H groups in total. The zero-order valence-corrected chi connectivity index (χ0v) is 27.9. The first-order valence-corrected chi connectivity index (χ1v) is 19.9. The van der Waals surface area contributed by atoms with E-state index < -0.39 is 63.2 Å². The summed E-state index contributed by atoms with van der Waals surface area (Å²) in [4.78, 5) is 0. The Morgan fingerprint density at radius 2 is 0.576 bits per heavy atom. The van der Waals surface area contributed by atoms with Gasteiger partial charge in [0.2, 0.25) is 0 Å². The van der Waals surface area contributed by atoms with Crippen molar-refractivity contribution in [1.82, 2.24) is 0 Å². The van der Waals surface area contributed by atoms with Gasteiger partial charge in [-0.1, -0.05) is 0 Å². The van der Waals surface area contributed by atoms with Crippen molar-refractivity contribution in [2.24, 2.45) is 0 Å². The van der Waals surface area contributed by atoms with Gasteiger partial charge in [-0.3, -0.25) is 0 Å². The number of hydrogen-bond acceptors (Lipinski definition) is 6. The molecule has 0 saturated carbocycles. The molecular formula is C24H33O6Sb3. The van der Waals surface area contributed by atoms with E-state index in [0.29, 0.717) is 34.6 Å². The molecule has 0 aliphatic carbocycles. The summed E-state index contributed by atoms with van der Waals surface area (Å²) >= 11 is -8.93. The zero-order chi connectivity index (χ0) is 25.3. The molecule has 9 heteroatoms. The summed E-state index contributed by atoms with van der Waals surface area (Å²) in [5.41, 5.74) is 0. The maximum atomic E-state index is 6.05. The van der Waals surface area contributed by atoms with Gasteiger partial charge < -0.3 is 0 Å². The third-order valence-electron chi connectivity index (χ3n) is 2.95. The van der Waals surface area contributed by atoms with Crippen LogP contribution in [0.25, 0.3) is 0 Å². The number of benzene rings is 1. The van der Waals surface area contributed by atoms with Crippen molar-refractivity contribution in [3.8, 4) is 0 Å². The Kier molecular flexibility index (Phi) is 13.0. The second-order valence-corrected chi connectivity index (χ2v) is 19.2. The van der Waals surface area contributed by atoms with Crippen molar-refractivity contribution >= 4 is 73.7 Å². The summed E-state index contributed by atoms with van der Waals surface area (Å²) in [6.07, 6.45) is 0. The second-order valence-electron chi connectivity index (χ2n) is 7.24. The minimum atomic E-state index is -2.98. The van der Waals surface area contributed by atoms with E-state index in [1.54, 1.807) is 41.5 Å². The van der Waals surface area contributed by atoms with Crippen molar-refractivity contribution < 1.29 is 18.1 Å². The van der Waals surface area contributed by atoms with E-state index in [-0.39, 0.29) is 0 Å². The molecule has 1 rings (SSSR count). The Labute approximate surface area is 223 Å². The molecule has 1 aromatic rings. The van der Waals surface area contributed by atoms with E-state index in [2.05, 4.69) is 39.5 Å². The van der Waals surface area contributed by atoms with Gasteiger partial charge in [0.05, 0.1) is 0 Å². The van der Waals surface area contributed by atoms with Crippen molar-refractivity contribution in [3.05, 3.63) is 92.2 Å². The van der Waals surface area contributed by atoms with Crippen molar-refractivity contribution in [2.75, 3.05) is 0 Å². The Hall–Kier alpha value is -1.09. The first-order valence-electron chi connectivity index (χ1n) is 9.84. The van der Waals surface area contributed by atoms with Gasteiger partial charge in [0, 0.05) is 0 Å². The summed E-state index contributed by atoms with van der Waals surface area (Å²) in [6.45, 7) is 34.1. The second kappa shape index (κ2) is 14.3. The van der Waals surface area contributed by atoms with Crippen LogP contribution in [0.1, 0.15) is 41.5 Å². The van der Waals surface area contributed by atoms with Crippen LogP contribution in [0.3, 0.4) is 0 Å². The fraction of sp³-hybridized carbons (Fsp3) is 0.250. The minimum absolute atomic E-state index is 0.578. The Morgan fingerprint density at radius 1 is 0.424 bits per heavy atom. The molecule has 180 valence electrons. The van der Waals surface area contributed by atoms with Gasteiger partial charge in [-0.2, -0.15) is 0 Å². The first kappa shape index (κ1) is 29.9. The summed E-state index contributed by atoms with van der Waals surface area (Å²) in [6, 6.07) is 6.06. The molecule has 0 amide bonds. The van der Waals surface area contributed by atoms with E-state index in [1.807, 2.05) is 18.2 Å². The predicted octanol–water partition coefficient (Wildman–Crippen LogP) is 4.07. The van der Waals surface area contributed by atoms with Crippen molar-refractivity contribution in [3.63, 3.8) is 0 Å². The predicted molar refractivity (Wildman–Crippen MR) is 138 cm³/mol. The molecule has 0 fully saturated rings. The van der Waals surface area contributed by atoms with Gasteiger partial charge >= 0.3 is 226 Å². The van der Waals surface area contributed by atoms with Crippen LogP contribution in [0, 0.1) is 0 Å². The van der Waals surface area contributed by atoms with Gasteiger partial charge in [0.15, 0.2) is 0 Å². The molecule has 0 heterocycles. The SMILES string of the molecule is C=C(C)[O][Sb]([O]C(=C)C)[c]1c[c]([Sb]([O]C(=C)C)[O]C(=C)C)c[c]([Sb]([O]C(=C)C)[O]C(=C)C)c1. The molecule has 6 nitrogen and oxygen atoms in total. The average molecular weight is 783 g/mol. The van der Waals surface area contributed by atoms with Gasteiger partial charge in [-0.15, -0.1) is 0 Å². The van der Waals surface area contributed by atoms with Crippen LogP contribution in [0.5, 0.6) is 0 Å². The standard InChI is InChI=1S/C6H3.6C3H6O.3Sb/c1-2-4-6-5-3-1;6*1-3(2)4;;;/h1,4-5H;6*4H,1H2,2H3;;;/q;;;;;;;3*+2/p-6. The van der Waals surface area contributed by atoms with Crippen LogP contribution >= 0.6 is 0 Å². The summed E-state index contributed by atoms with van der Waals surface area (Å²) in [5, 5.41) is 0. The number of rotatable bonds is 15. The van der Waals surface area contributed by atoms with Gasteiger partial charge in [-0.05, 0) is 0 Å².